The van der Waals surface area contributed by atoms with Crippen LogP contribution < -0.4 is 5.32 Å². The van der Waals surface area contributed by atoms with Gasteiger partial charge in [-0.15, -0.1) is 0 Å². The molecule has 0 spiro atoms. The molecule has 1 N–H and O–H groups in total. The Hall–Kier alpha value is -2.62. The van der Waals surface area contributed by atoms with E-state index in [-0.39, 0.29) is 24.5 Å². The zero-order chi connectivity index (χ0) is 20.5. The van der Waals surface area contributed by atoms with Gasteiger partial charge in [0.1, 0.15) is 11.5 Å². The topological polar surface area (TPSA) is 85.2 Å². The number of halogens is 2. The van der Waals surface area contributed by atoms with Crippen molar-refractivity contribution >= 4 is 11.7 Å². The molecule has 1 aliphatic carbocycles. The highest BCUT2D eigenvalue weighted by Gasteiger charge is 2.36. The molecule has 1 unspecified atom stereocenters. The highest BCUT2D eigenvalue weighted by Crippen LogP contribution is 2.34. The van der Waals surface area contributed by atoms with E-state index in [1.54, 1.807) is 0 Å². The number of rotatable bonds is 5. The molecule has 2 heterocycles. The molecule has 2 aromatic rings. The SMILES string of the molecule is CON(C)C(=O)c1cc(NC2CCCC(F)(F)C2)nc(-n2nc(C)cc2C)n1. The van der Waals surface area contributed by atoms with Gasteiger partial charge in [-0.25, -0.2) is 23.5 Å². The number of carbonyl (C=O) groups is 1. The minimum absolute atomic E-state index is 0.0759. The number of hydroxylamine groups is 2. The minimum Gasteiger partial charge on any atom is -0.367 e. The molecule has 1 atom stereocenters. The molecular formula is C18H24F2N6O2. The van der Waals surface area contributed by atoms with Crippen LogP contribution in [-0.4, -0.2) is 56.8 Å². The van der Waals surface area contributed by atoms with Gasteiger partial charge in [-0.1, -0.05) is 0 Å². The molecule has 1 aliphatic rings. The standard InChI is InChI=1S/C18H24F2N6O2/c1-11-8-12(2)26(24-11)17-22-14(16(27)25(3)28-4)9-15(23-17)21-13-6-5-7-18(19,20)10-13/h8-9,13H,5-7,10H2,1-4H3,(H,21,22,23). The summed E-state index contributed by atoms with van der Waals surface area (Å²) in [5, 5.41) is 8.42. The first-order valence-corrected chi connectivity index (χ1v) is 9.08. The van der Waals surface area contributed by atoms with Gasteiger partial charge < -0.3 is 5.32 Å². The fourth-order valence-corrected chi connectivity index (χ4v) is 3.29. The van der Waals surface area contributed by atoms with Gasteiger partial charge in [-0.05, 0) is 32.8 Å². The van der Waals surface area contributed by atoms with E-state index in [4.69, 9.17) is 4.84 Å². The Bertz CT molecular complexity index is 870. The van der Waals surface area contributed by atoms with E-state index in [2.05, 4.69) is 20.4 Å². The molecule has 0 aromatic carbocycles. The number of hydrogen-bond donors (Lipinski definition) is 1. The third-order valence-electron chi connectivity index (χ3n) is 4.68. The summed E-state index contributed by atoms with van der Waals surface area (Å²) >= 11 is 0. The molecular weight excluding hydrogens is 370 g/mol. The van der Waals surface area contributed by atoms with Crippen molar-refractivity contribution < 1.29 is 18.4 Å². The molecule has 3 rings (SSSR count). The van der Waals surface area contributed by atoms with E-state index in [0.29, 0.717) is 18.7 Å². The number of alkyl halides is 2. The number of carbonyl (C=O) groups excluding carboxylic acids is 1. The third-order valence-corrected chi connectivity index (χ3v) is 4.68. The van der Waals surface area contributed by atoms with Crippen molar-refractivity contribution in [1.29, 1.82) is 0 Å². The maximum absolute atomic E-state index is 13.8. The van der Waals surface area contributed by atoms with Crippen LogP contribution in [0.3, 0.4) is 0 Å². The zero-order valence-electron chi connectivity index (χ0n) is 16.4. The summed E-state index contributed by atoms with van der Waals surface area (Å²) < 4.78 is 29.0. The smallest absolute Gasteiger partial charge is 0.296 e. The normalized spacial score (nSPS) is 18.7. The van der Waals surface area contributed by atoms with Crippen LogP contribution in [0.5, 0.6) is 0 Å². The average Bonchev–Trinajstić information content (AvgIpc) is 2.97. The summed E-state index contributed by atoms with van der Waals surface area (Å²) in [4.78, 5) is 26.2. The Kier molecular flexibility index (Phi) is 5.59. The van der Waals surface area contributed by atoms with Gasteiger partial charge in [0.05, 0.1) is 12.8 Å². The predicted molar refractivity (Wildman–Crippen MR) is 98.6 cm³/mol. The van der Waals surface area contributed by atoms with Gasteiger partial charge in [0.2, 0.25) is 5.92 Å². The molecule has 0 aliphatic heterocycles. The zero-order valence-corrected chi connectivity index (χ0v) is 16.4. The van der Waals surface area contributed by atoms with Gasteiger partial charge in [-0.3, -0.25) is 9.63 Å². The average molecular weight is 394 g/mol. The molecule has 1 fully saturated rings. The van der Waals surface area contributed by atoms with Crippen molar-refractivity contribution in [3.8, 4) is 5.95 Å². The second kappa shape index (κ2) is 7.78. The first kappa shape index (κ1) is 20.1. The van der Waals surface area contributed by atoms with Crippen molar-refractivity contribution in [2.24, 2.45) is 0 Å². The Morgan fingerprint density at radius 2 is 2.11 bits per heavy atom. The summed E-state index contributed by atoms with van der Waals surface area (Å²) in [5.74, 6) is -2.69. The monoisotopic (exact) mass is 394 g/mol. The second-order valence-corrected chi connectivity index (χ2v) is 7.06. The first-order chi connectivity index (χ1) is 13.2. The van der Waals surface area contributed by atoms with Crippen LogP contribution in [0, 0.1) is 13.8 Å². The number of anilines is 1. The van der Waals surface area contributed by atoms with Crippen molar-refractivity contribution in [1.82, 2.24) is 24.8 Å². The Morgan fingerprint density at radius 3 is 2.71 bits per heavy atom. The highest BCUT2D eigenvalue weighted by molar-refractivity contribution is 5.92. The Balaban J connectivity index is 1.97. The molecule has 0 bridgehead atoms. The Morgan fingerprint density at radius 1 is 1.36 bits per heavy atom. The fraction of sp³-hybridized carbons (Fsp3) is 0.556. The molecule has 28 heavy (non-hydrogen) atoms. The summed E-state index contributed by atoms with van der Waals surface area (Å²) in [6.45, 7) is 3.68. The van der Waals surface area contributed by atoms with Crippen LogP contribution in [0.2, 0.25) is 0 Å². The lowest BCUT2D eigenvalue weighted by Gasteiger charge is -2.29. The van der Waals surface area contributed by atoms with Crippen LogP contribution in [0.25, 0.3) is 5.95 Å². The van der Waals surface area contributed by atoms with Gasteiger partial charge in [0.15, 0.2) is 0 Å². The van der Waals surface area contributed by atoms with Crippen LogP contribution in [0.15, 0.2) is 12.1 Å². The Labute approximate surface area is 161 Å². The molecule has 0 saturated heterocycles. The molecule has 8 nitrogen and oxygen atoms in total. The third kappa shape index (κ3) is 4.44. The largest absolute Gasteiger partial charge is 0.367 e. The van der Waals surface area contributed by atoms with E-state index < -0.39 is 17.9 Å². The molecule has 1 saturated carbocycles. The maximum atomic E-state index is 13.8. The first-order valence-electron chi connectivity index (χ1n) is 9.08. The van der Waals surface area contributed by atoms with Gasteiger partial charge in [0.25, 0.3) is 11.9 Å². The van der Waals surface area contributed by atoms with Gasteiger partial charge >= 0.3 is 0 Å². The number of aryl methyl sites for hydroxylation is 2. The van der Waals surface area contributed by atoms with E-state index in [1.165, 1.54) is 24.9 Å². The number of nitrogens with one attached hydrogen (secondary N) is 1. The molecule has 2 aromatic heterocycles. The summed E-state index contributed by atoms with van der Waals surface area (Å²) in [7, 11) is 2.83. The van der Waals surface area contributed by atoms with Crippen molar-refractivity contribution in [2.45, 2.75) is 51.5 Å². The minimum atomic E-state index is -2.70. The number of aromatic nitrogens is 4. The number of hydrogen-bond acceptors (Lipinski definition) is 6. The molecule has 152 valence electrons. The summed E-state index contributed by atoms with van der Waals surface area (Å²) in [6.07, 6.45) is 0.663. The summed E-state index contributed by atoms with van der Waals surface area (Å²) in [5.41, 5.74) is 1.64. The number of nitrogens with zero attached hydrogens (tertiary/aromatic N) is 5. The lowest BCUT2D eigenvalue weighted by molar-refractivity contribution is -0.0760. The van der Waals surface area contributed by atoms with Crippen molar-refractivity contribution in [2.75, 3.05) is 19.5 Å². The van der Waals surface area contributed by atoms with E-state index in [1.807, 2.05) is 19.9 Å². The highest BCUT2D eigenvalue weighted by atomic mass is 19.3. The van der Waals surface area contributed by atoms with Gasteiger partial charge in [-0.2, -0.15) is 10.1 Å². The molecule has 10 heteroatoms. The lowest BCUT2D eigenvalue weighted by Crippen LogP contribution is -2.34. The van der Waals surface area contributed by atoms with Crippen molar-refractivity contribution in [3.05, 3.63) is 29.2 Å². The van der Waals surface area contributed by atoms with E-state index in [9.17, 15) is 13.6 Å². The second-order valence-electron chi connectivity index (χ2n) is 7.06. The van der Waals surface area contributed by atoms with E-state index in [0.717, 1.165) is 16.5 Å². The fourth-order valence-electron chi connectivity index (χ4n) is 3.29. The number of amides is 1. The molecule has 1 amide bonds. The quantitative estimate of drug-likeness (QED) is 0.785. The van der Waals surface area contributed by atoms with Crippen LogP contribution >= 0.6 is 0 Å². The van der Waals surface area contributed by atoms with Crippen LogP contribution in [0.1, 0.15) is 47.6 Å². The summed E-state index contributed by atoms with van der Waals surface area (Å²) in [6, 6.07) is 2.86. The van der Waals surface area contributed by atoms with Crippen LogP contribution in [-0.2, 0) is 4.84 Å². The molecule has 0 radical (unpaired) electrons. The maximum Gasteiger partial charge on any atom is 0.296 e. The van der Waals surface area contributed by atoms with Crippen molar-refractivity contribution in [3.63, 3.8) is 0 Å². The lowest BCUT2D eigenvalue weighted by atomic mass is 9.92. The predicted octanol–water partition coefficient (Wildman–Crippen LogP) is 2.90. The van der Waals surface area contributed by atoms with Gasteiger partial charge in [0, 0.05) is 37.7 Å². The van der Waals surface area contributed by atoms with E-state index >= 15 is 0 Å². The van der Waals surface area contributed by atoms with Crippen LogP contribution in [0.4, 0.5) is 14.6 Å².